The first-order valence-electron chi connectivity index (χ1n) is 12.8. The van der Waals surface area contributed by atoms with Crippen molar-refractivity contribution in [3.63, 3.8) is 0 Å². The van der Waals surface area contributed by atoms with Crippen LogP contribution in [0.2, 0.25) is 0 Å². The van der Waals surface area contributed by atoms with Crippen molar-refractivity contribution in [1.29, 1.82) is 0 Å². The van der Waals surface area contributed by atoms with Crippen LogP contribution >= 0.6 is 0 Å². The third kappa shape index (κ3) is 6.69. The maximum absolute atomic E-state index is 12.9. The number of nitrogens with zero attached hydrogens (tertiary/aromatic N) is 2. The molecule has 206 valence electrons. The van der Waals surface area contributed by atoms with Crippen molar-refractivity contribution in [2.45, 2.75) is 62.6 Å². The number of aliphatic hydroxyl groups is 1. The van der Waals surface area contributed by atoms with Gasteiger partial charge in [-0.05, 0) is 68.5 Å². The fourth-order valence-electron chi connectivity index (χ4n) is 5.38. The number of benzene rings is 1. The Kier molecular flexibility index (Phi) is 8.69. The summed E-state index contributed by atoms with van der Waals surface area (Å²) in [7, 11) is 0. The number of nitrogens with one attached hydrogen (secondary N) is 2. The molecule has 2 fully saturated rings. The summed E-state index contributed by atoms with van der Waals surface area (Å²) in [6.45, 7) is 3.19. The number of carbonyl (C=O) groups excluding carboxylic acids is 2. The number of halogens is 3. The number of hydrogen-bond acceptors (Lipinski definition) is 6. The predicted molar refractivity (Wildman–Crippen MR) is 133 cm³/mol. The molecule has 2 heterocycles. The Balaban J connectivity index is 1.30. The number of carbonyl (C=O) groups is 2. The molecular formula is C27H33F3N4O4. The molecule has 1 aliphatic carbocycles. The van der Waals surface area contributed by atoms with Gasteiger partial charge in [-0.2, -0.15) is 13.2 Å². The van der Waals surface area contributed by atoms with Crippen LogP contribution in [0.5, 0.6) is 0 Å². The molecule has 1 saturated heterocycles. The zero-order valence-electron chi connectivity index (χ0n) is 21.2. The number of aromatic nitrogens is 1. The Hall–Kier alpha value is -3.02. The highest BCUT2D eigenvalue weighted by Gasteiger charge is 2.42. The molecule has 1 aromatic carbocycles. The van der Waals surface area contributed by atoms with Gasteiger partial charge in [0.1, 0.15) is 0 Å². The Bertz CT molecular complexity index is 1110. The third-order valence-corrected chi connectivity index (χ3v) is 7.40. The molecule has 2 atom stereocenters. The number of rotatable bonds is 8. The van der Waals surface area contributed by atoms with Crippen molar-refractivity contribution < 1.29 is 32.6 Å². The van der Waals surface area contributed by atoms with Crippen molar-refractivity contribution in [3.05, 3.63) is 65.5 Å². The summed E-state index contributed by atoms with van der Waals surface area (Å²) in [4.78, 5) is 31.3. The van der Waals surface area contributed by atoms with Gasteiger partial charge in [-0.3, -0.25) is 19.5 Å². The predicted octanol–water partition coefficient (Wildman–Crippen LogP) is 2.87. The first-order valence-corrected chi connectivity index (χ1v) is 12.8. The molecular weight excluding hydrogens is 501 g/mol. The zero-order valence-corrected chi connectivity index (χ0v) is 21.2. The topological polar surface area (TPSA) is 104 Å². The van der Waals surface area contributed by atoms with Crippen LogP contribution in [0.1, 0.15) is 54.1 Å². The molecule has 1 aliphatic heterocycles. The van der Waals surface area contributed by atoms with Crippen LogP contribution in [0.4, 0.5) is 13.2 Å². The van der Waals surface area contributed by atoms with E-state index < -0.39 is 29.2 Å². The normalized spacial score (nSPS) is 26.2. The summed E-state index contributed by atoms with van der Waals surface area (Å²) in [6, 6.07) is 7.69. The van der Waals surface area contributed by atoms with Crippen LogP contribution in [0.3, 0.4) is 0 Å². The number of likely N-dealkylation sites (tertiary alicyclic amines) is 1. The third-order valence-electron chi connectivity index (χ3n) is 7.40. The Labute approximate surface area is 219 Å². The summed E-state index contributed by atoms with van der Waals surface area (Å²) in [5.74, 6) is -1.21. The minimum Gasteiger partial charge on any atom is -0.385 e. The van der Waals surface area contributed by atoms with Crippen molar-refractivity contribution in [2.75, 3.05) is 26.2 Å². The van der Waals surface area contributed by atoms with Crippen LogP contribution in [0.15, 0.2) is 48.8 Å². The van der Waals surface area contributed by atoms with E-state index in [1.165, 1.54) is 6.07 Å². The molecule has 0 bridgehead atoms. The highest BCUT2D eigenvalue weighted by molar-refractivity contribution is 5.96. The molecule has 0 spiro atoms. The Morgan fingerprint density at radius 2 is 1.87 bits per heavy atom. The van der Waals surface area contributed by atoms with E-state index in [1.807, 2.05) is 19.1 Å². The quantitative estimate of drug-likeness (QED) is 0.481. The van der Waals surface area contributed by atoms with E-state index in [2.05, 4.69) is 20.5 Å². The molecule has 1 saturated carbocycles. The SMILES string of the molecule is CCO[C@H]1CN(C2CCC(O)(c3ccncc3)CC2)C[C@@H]1NC(=O)CNC(=O)c1cccc(C(F)(F)F)c1. The number of hydrogen-bond donors (Lipinski definition) is 3. The van der Waals surface area contributed by atoms with E-state index in [1.54, 1.807) is 12.4 Å². The van der Waals surface area contributed by atoms with Crippen molar-refractivity contribution in [3.8, 4) is 0 Å². The Morgan fingerprint density at radius 1 is 1.16 bits per heavy atom. The summed E-state index contributed by atoms with van der Waals surface area (Å²) < 4.78 is 44.7. The van der Waals surface area contributed by atoms with E-state index >= 15 is 0 Å². The van der Waals surface area contributed by atoms with Gasteiger partial charge in [-0.15, -0.1) is 0 Å². The summed E-state index contributed by atoms with van der Waals surface area (Å²) >= 11 is 0. The van der Waals surface area contributed by atoms with Crippen LogP contribution in [-0.2, 0) is 21.3 Å². The number of ether oxygens (including phenoxy) is 1. The first kappa shape index (κ1) is 28.0. The van der Waals surface area contributed by atoms with Crippen molar-refractivity contribution >= 4 is 11.8 Å². The molecule has 0 radical (unpaired) electrons. The lowest BCUT2D eigenvalue weighted by atomic mass is 9.77. The number of alkyl halides is 3. The standard InChI is InChI=1S/C27H33F3N4O4/c1-2-38-23-17-34(21-6-10-26(37,11-7-21)19-8-12-31-13-9-19)16-22(23)33-24(35)15-32-25(36)18-4-3-5-20(14-18)27(28,29)30/h3-5,8-9,12-14,21-23,37H,2,6-7,10-11,15-17H2,1H3,(H,32,36)(H,33,35)/t21?,22-,23-,26?/m0/s1. The molecule has 2 aromatic rings. The monoisotopic (exact) mass is 534 g/mol. The van der Waals surface area contributed by atoms with E-state index in [0.29, 0.717) is 32.5 Å². The average Bonchev–Trinajstić information content (AvgIpc) is 3.30. The van der Waals surface area contributed by atoms with Crippen LogP contribution in [0, 0.1) is 0 Å². The van der Waals surface area contributed by atoms with Crippen molar-refractivity contribution in [2.24, 2.45) is 0 Å². The minimum atomic E-state index is -4.56. The second-order valence-electron chi connectivity index (χ2n) is 9.88. The van der Waals surface area contributed by atoms with Gasteiger partial charge in [0.15, 0.2) is 0 Å². The molecule has 8 nitrogen and oxygen atoms in total. The smallest absolute Gasteiger partial charge is 0.385 e. The maximum Gasteiger partial charge on any atom is 0.416 e. The number of amides is 2. The van der Waals surface area contributed by atoms with Gasteiger partial charge in [0, 0.05) is 43.7 Å². The van der Waals surface area contributed by atoms with Crippen LogP contribution in [0.25, 0.3) is 0 Å². The van der Waals surface area contributed by atoms with E-state index in [0.717, 1.165) is 36.6 Å². The lowest BCUT2D eigenvalue weighted by Gasteiger charge is -2.39. The van der Waals surface area contributed by atoms with Crippen molar-refractivity contribution in [1.82, 2.24) is 20.5 Å². The highest BCUT2D eigenvalue weighted by atomic mass is 19.4. The Morgan fingerprint density at radius 3 is 2.53 bits per heavy atom. The van der Waals surface area contributed by atoms with E-state index in [-0.39, 0.29) is 30.3 Å². The molecule has 2 aliphatic rings. The van der Waals surface area contributed by atoms with Gasteiger partial charge in [0.25, 0.3) is 5.91 Å². The minimum absolute atomic E-state index is 0.170. The molecule has 11 heteroatoms. The van der Waals surface area contributed by atoms with Gasteiger partial charge >= 0.3 is 6.18 Å². The molecule has 3 N–H and O–H groups in total. The second kappa shape index (κ2) is 11.8. The lowest BCUT2D eigenvalue weighted by molar-refractivity contribution is -0.137. The lowest BCUT2D eigenvalue weighted by Crippen LogP contribution is -2.48. The zero-order chi connectivity index (χ0) is 27.3. The molecule has 0 unspecified atom stereocenters. The maximum atomic E-state index is 12.9. The number of pyridine rings is 1. The van der Waals surface area contributed by atoms with Gasteiger partial charge in [-0.25, -0.2) is 0 Å². The first-order chi connectivity index (χ1) is 18.1. The second-order valence-corrected chi connectivity index (χ2v) is 9.88. The summed E-state index contributed by atoms with van der Waals surface area (Å²) in [5, 5.41) is 16.4. The molecule has 1 aromatic heterocycles. The fourth-order valence-corrected chi connectivity index (χ4v) is 5.38. The van der Waals surface area contributed by atoms with Gasteiger partial charge in [-0.1, -0.05) is 6.07 Å². The van der Waals surface area contributed by atoms with Gasteiger partial charge in [0.05, 0.1) is 29.9 Å². The van der Waals surface area contributed by atoms with E-state index in [9.17, 15) is 27.9 Å². The summed E-state index contributed by atoms with van der Waals surface area (Å²) in [6.07, 6.45) is 1.41. The highest BCUT2D eigenvalue weighted by Crippen LogP contribution is 2.39. The fraction of sp³-hybridized carbons (Fsp3) is 0.519. The van der Waals surface area contributed by atoms with Gasteiger partial charge < -0.3 is 20.5 Å². The average molecular weight is 535 g/mol. The molecule has 2 amide bonds. The molecule has 38 heavy (non-hydrogen) atoms. The van der Waals surface area contributed by atoms with E-state index in [4.69, 9.17) is 4.74 Å². The van der Waals surface area contributed by atoms with Crippen LogP contribution < -0.4 is 10.6 Å². The molecule has 4 rings (SSSR count). The van der Waals surface area contributed by atoms with Crippen LogP contribution in [-0.4, -0.2) is 71.2 Å². The summed E-state index contributed by atoms with van der Waals surface area (Å²) in [5.41, 5.74) is -1.10. The van der Waals surface area contributed by atoms with Gasteiger partial charge in [0.2, 0.25) is 5.91 Å². The largest absolute Gasteiger partial charge is 0.416 e.